The average molecular weight is 354 g/mol. The van der Waals surface area contributed by atoms with Crippen LogP contribution in [0.1, 0.15) is 24.0 Å². The number of rotatable bonds is 4. The van der Waals surface area contributed by atoms with Gasteiger partial charge in [-0.25, -0.2) is 4.79 Å². The zero-order valence-corrected chi connectivity index (χ0v) is 14.7. The number of carboxylic acids is 1. The lowest BCUT2D eigenvalue weighted by molar-refractivity contribution is -0.154. The average Bonchev–Trinajstić information content (AvgIpc) is 3.05. The fourth-order valence-corrected chi connectivity index (χ4v) is 3.71. The number of amides is 2. The van der Waals surface area contributed by atoms with Crippen molar-refractivity contribution in [3.05, 3.63) is 53.6 Å². The summed E-state index contributed by atoms with van der Waals surface area (Å²) in [4.78, 5) is 39.6. The molecule has 2 aliphatic rings. The summed E-state index contributed by atoms with van der Waals surface area (Å²) in [5.41, 5.74) is 2.39. The third-order valence-corrected chi connectivity index (χ3v) is 5.09. The van der Waals surface area contributed by atoms with E-state index in [9.17, 15) is 19.5 Å². The number of benzene rings is 1. The number of aliphatic carboxylic acids is 1. The van der Waals surface area contributed by atoms with E-state index in [0.29, 0.717) is 25.0 Å². The summed E-state index contributed by atoms with van der Waals surface area (Å²) in [7, 11) is 0. The van der Waals surface area contributed by atoms with E-state index in [1.807, 2.05) is 31.2 Å². The van der Waals surface area contributed by atoms with Crippen LogP contribution in [0.3, 0.4) is 0 Å². The number of hydrogen-bond donors (Lipinski definition) is 1. The maximum atomic E-state index is 12.9. The van der Waals surface area contributed by atoms with Gasteiger partial charge in [0, 0.05) is 12.1 Å². The van der Waals surface area contributed by atoms with Gasteiger partial charge < -0.3 is 14.9 Å². The Morgan fingerprint density at radius 1 is 1.27 bits per heavy atom. The van der Waals surface area contributed by atoms with E-state index < -0.39 is 12.0 Å². The van der Waals surface area contributed by atoms with Crippen LogP contribution in [-0.2, 0) is 14.4 Å². The lowest BCUT2D eigenvalue weighted by atomic mass is 10.0. The van der Waals surface area contributed by atoms with Gasteiger partial charge in [-0.3, -0.25) is 9.59 Å². The molecule has 0 saturated carbocycles. The predicted molar refractivity (Wildman–Crippen MR) is 97.2 cm³/mol. The van der Waals surface area contributed by atoms with Crippen molar-refractivity contribution in [1.29, 1.82) is 0 Å². The number of fused-ring (bicyclic) bond motifs is 1. The molecule has 1 aromatic rings. The van der Waals surface area contributed by atoms with Gasteiger partial charge in [0.1, 0.15) is 12.6 Å². The van der Waals surface area contributed by atoms with Crippen LogP contribution >= 0.6 is 0 Å². The first-order chi connectivity index (χ1) is 12.4. The highest BCUT2D eigenvalue weighted by Crippen LogP contribution is 2.29. The molecular formula is C20H22N2O4. The summed E-state index contributed by atoms with van der Waals surface area (Å²) in [5, 5.41) is 9.26. The molecule has 26 heavy (non-hydrogen) atoms. The highest BCUT2D eigenvalue weighted by atomic mass is 16.4. The number of carbonyl (C=O) groups is 3. The highest BCUT2D eigenvalue weighted by molar-refractivity contribution is 6.02. The second kappa shape index (κ2) is 7.15. The Morgan fingerprint density at radius 2 is 2.00 bits per heavy atom. The molecule has 0 aliphatic carbocycles. The topological polar surface area (TPSA) is 77.9 Å². The molecule has 0 bridgehead atoms. The molecule has 2 saturated heterocycles. The second-order valence-electron chi connectivity index (χ2n) is 6.73. The van der Waals surface area contributed by atoms with E-state index >= 15 is 0 Å². The van der Waals surface area contributed by atoms with Gasteiger partial charge >= 0.3 is 5.97 Å². The van der Waals surface area contributed by atoms with Crippen molar-refractivity contribution in [3.8, 4) is 0 Å². The lowest BCUT2D eigenvalue weighted by Crippen LogP contribution is -2.58. The van der Waals surface area contributed by atoms with Gasteiger partial charge in [0.15, 0.2) is 0 Å². The Morgan fingerprint density at radius 3 is 2.65 bits per heavy atom. The molecule has 2 aliphatic heterocycles. The monoisotopic (exact) mass is 354 g/mol. The molecule has 0 aromatic heterocycles. The third-order valence-electron chi connectivity index (χ3n) is 5.09. The fraction of sp³-hybridized carbons (Fsp3) is 0.350. The maximum absolute atomic E-state index is 12.9. The fourth-order valence-electron chi connectivity index (χ4n) is 3.71. The van der Waals surface area contributed by atoms with Crippen LogP contribution in [0.25, 0.3) is 6.08 Å². The Bertz CT molecular complexity index is 799. The van der Waals surface area contributed by atoms with Crippen molar-refractivity contribution >= 4 is 23.9 Å². The number of nitrogens with zero attached hydrogens (tertiary/aromatic N) is 2. The number of carbonyl (C=O) groups excluding carboxylic acids is 2. The van der Waals surface area contributed by atoms with E-state index in [4.69, 9.17) is 0 Å². The molecule has 136 valence electrons. The van der Waals surface area contributed by atoms with Crippen LogP contribution in [0.5, 0.6) is 0 Å². The van der Waals surface area contributed by atoms with Gasteiger partial charge in [-0.05, 0) is 37.0 Å². The van der Waals surface area contributed by atoms with Crippen LogP contribution in [0.15, 0.2) is 42.5 Å². The van der Waals surface area contributed by atoms with Crippen molar-refractivity contribution in [2.75, 3.05) is 13.1 Å². The highest BCUT2D eigenvalue weighted by Gasteiger charge is 2.45. The Kier molecular flexibility index (Phi) is 4.93. The Hall–Kier alpha value is -2.89. The first kappa shape index (κ1) is 17.9. The van der Waals surface area contributed by atoms with Crippen LogP contribution in [0, 0.1) is 6.92 Å². The lowest BCUT2D eigenvalue weighted by Gasteiger charge is -2.38. The van der Waals surface area contributed by atoms with Crippen molar-refractivity contribution < 1.29 is 19.5 Å². The van der Waals surface area contributed by atoms with Gasteiger partial charge in [0.05, 0.1) is 6.04 Å². The molecule has 6 heteroatoms. The first-order valence-corrected chi connectivity index (χ1v) is 8.65. The Balaban J connectivity index is 1.80. The van der Waals surface area contributed by atoms with Gasteiger partial charge in [-0.1, -0.05) is 36.9 Å². The molecule has 6 nitrogen and oxygen atoms in total. The minimum atomic E-state index is -0.980. The Labute approximate surface area is 152 Å². The van der Waals surface area contributed by atoms with Gasteiger partial charge in [0.2, 0.25) is 5.91 Å². The molecule has 3 rings (SSSR count). The summed E-state index contributed by atoms with van der Waals surface area (Å²) >= 11 is 0. The van der Waals surface area contributed by atoms with E-state index in [0.717, 1.165) is 11.1 Å². The molecule has 2 unspecified atom stereocenters. The van der Waals surface area contributed by atoms with Crippen LogP contribution < -0.4 is 0 Å². The molecule has 1 aromatic carbocycles. The second-order valence-corrected chi connectivity index (χ2v) is 6.73. The SMILES string of the molecule is C=CC(=Cc1ccccc1C)C(=O)N1CC(=O)N2C(CCC2C(=O)O)C1. The van der Waals surface area contributed by atoms with Gasteiger partial charge in [0.25, 0.3) is 5.91 Å². The van der Waals surface area contributed by atoms with Crippen LogP contribution in [0.4, 0.5) is 0 Å². The minimum Gasteiger partial charge on any atom is -0.480 e. The number of hydrogen-bond acceptors (Lipinski definition) is 3. The summed E-state index contributed by atoms with van der Waals surface area (Å²) in [6.07, 6.45) is 4.30. The molecular weight excluding hydrogens is 332 g/mol. The van der Waals surface area contributed by atoms with E-state index in [1.165, 1.54) is 15.9 Å². The number of aryl methyl sites for hydroxylation is 1. The molecule has 1 N–H and O–H groups in total. The van der Waals surface area contributed by atoms with Crippen LogP contribution in [-0.4, -0.2) is 57.9 Å². The van der Waals surface area contributed by atoms with E-state index in [1.54, 1.807) is 6.08 Å². The molecule has 2 atom stereocenters. The molecule has 0 radical (unpaired) electrons. The summed E-state index contributed by atoms with van der Waals surface area (Å²) in [6.45, 7) is 5.95. The van der Waals surface area contributed by atoms with Crippen molar-refractivity contribution in [1.82, 2.24) is 9.80 Å². The van der Waals surface area contributed by atoms with Crippen molar-refractivity contribution in [2.24, 2.45) is 0 Å². The molecule has 0 spiro atoms. The first-order valence-electron chi connectivity index (χ1n) is 8.65. The number of piperazine rings is 1. The van der Waals surface area contributed by atoms with E-state index in [-0.39, 0.29) is 24.4 Å². The molecule has 2 heterocycles. The summed E-state index contributed by atoms with van der Waals surface area (Å²) in [5.74, 6) is -1.54. The zero-order chi connectivity index (χ0) is 18.8. The smallest absolute Gasteiger partial charge is 0.326 e. The summed E-state index contributed by atoms with van der Waals surface area (Å²) in [6, 6.07) is 6.71. The van der Waals surface area contributed by atoms with Crippen LogP contribution in [0.2, 0.25) is 0 Å². The predicted octanol–water partition coefficient (Wildman–Crippen LogP) is 1.85. The van der Waals surface area contributed by atoms with Crippen molar-refractivity contribution in [3.63, 3.8) is 0 Å². The quantitative estimate of drug-likeness (QED) is 0.661. The summed E-state index contributed by atoms with van der Waals surface area (Å²) < 4.78 is 0. The number of carboxylic acid groups (broad SMARTS) is 1. The maximum Gasteiger partial charge on any atom is 0.326 e. The van der Waals surface area contributed by atoms with E-state index in [2.05, 4.69) is 6.58 Å². The zero-order valence-electron chi connectivity index (χ0n) is 14.7. The molecule has 2 fully saturated rings. The van der Waals surface area contributed by atoms with Gasteiger partial charge in [-0.2, -0.15) is 0 Å². The largest absolute Gasteiger partial charge is 0.480 e. The standard InChI is InChI=1S/C20H22N2O4/c1-3-14(10-15-7-5-4-6-13(15)2)19(24)21-11-16-8-9-17(20(25)26)22(16)18(23)12-21/h3-7,10,16-17H,1,8-9,11-12H2,2H3,(H,25,26). The van der Waals surface area contributed by atoms with Crippen molar-refractivity contribution in [2.45, 2.75) is 31.8 Å². The normalized spacial score (nSPS) is 23.0. The minimum absolute atomic E-state index is 0.0991. The molecule has 2 amide bonds. The third kappa shape index (κ3) is 3.27. The van der Waals surface area contributed by atoms with Gasteiger partial charge in [-0.15, -0.1) is 0 Å².